The summed E-state index contributed by atoms with van der Waals surface area (Å²) in [7, 11) is 0.663. The van der Waals surface area contributed by atoms with E-state index in [1.165, 1.54) is 27.2 Å². The van der Waals surface area contributed by atoms with E-state index in [0.29, 0.717) is 43.1 Å². The summed E-state index contributed by atoms with van der Waals surface area (Å²) in [5.41, 5.74) is 0.609. The monoisotopic (exact) mass is 470 g/mol. The van der Waals surface area contributed by atoms with Gasteiger partial charge in [-0.15, -0.1) is 0 Å². The van der Waals surface area contributed by atoms with Crippen LogP contribution in [0.15, 0.2) is 48.5 Å². The number of nitrogens with zero attached hydrogens (tertiary/aromatic N) is 4. The van der Waals surface area contributed by atoms with Crippen LogP contribution in [-0.2, 0) is 16.4 Å². The average molecular weight is 471 g/mol. The van der Waals surface area contributed by atoms with Gasteiger partial charge >= 0.3 is 16.4 Å². The van der Waals surface area contributed by atoms with Crippen LogP contribution in [0.2, 0.25) is 0 Å². The number of halogens is 3. The van der Waals surface area contributed by atoms with Gasteiger partial charge in [-0.05, 0) is 42.5 Å². The summed E-state index contributed by atoms with van der Waals surface area (Å²) in [6, 6.07) is 11.4. The van der Waals surface area contributed by atoms with Crippen LogP contribution in [0, 0.1) is 0 Å². The average Bonchev–Trinajstić information content (AvgIpc) is 2.77. The molecule has 1 aliphatic rings. The van der Waals surface area contributed by atoms with Gasteiger partial charge < -0.3 is 9.80 Å². The van der Waals surface area contributed by atoms with Gasteiger partial charge in [0, 0.05) is 58.6 Å². The van der Waals surface area contributed by atoms with E-state index >= 15 is 0 Å². The molecule has 2 aromatic rings. The molecule has 0 radical (unpaired) electrons. The molecule has 174 valence electrons. The molecule has 1 aliphatic heterocycles. The summed E-state index contributed by atoms with van der Waals surface area (Å²) < 4.78 is 65.6. The van der Waals surface area contributed by atoms with Crippen molar-refractivity contribution in [1.29, 1.82) is 0 Å². The first-order valence-electron chi connectivity index (χ1n) is 9.89. The molecule has 1 amide bonds. The van der Waals surface area contributed by atoms with Gasteiger partial charge in [0.2, 0.25) is 0 Å². The van der Waals surface area contributed by atoms with Crippen molar-refractivity contribution in [3.63, 3.8) is 0 Å². The zero-order chi connectivity index (χ0) is 23.7. The van der Waals surface area contributed by atoms with Crippen molar-refractivity contribution in [2.45, 2.75) is 6.18 Å². The Balaban J connectivity index is 1.65. The van der Waals surface area contributed by atoms with Crippen LogP contribution in [0.5, 0.6) is 0 Å². The van der Waals surface area contributed by atoms with E-state index in [-0.39, 0.29) is 5.91 Å². The Hall–Kier alpha value is -2.79. The van der Waals surface area contributed by atoms with Gasteiger partial charge in [0.1, 0.15) is 0 Å². The minimum atomic E-state index is -4.40. The first-order valence-corrected chi connectivity index (χ1v) is 11.3. The standard InChI is InChI=1S/C21H25F3N4O3S/c1-25(2)32(30,31)26(3)18-9-7-16(8-10-18)20(29)28-13-11-27(12-14-28)19-6-4-5-17(15-19)21(22,23)24/h4-10,15H,11-14H2,1-3H3. The lowest BCUT2D eigenvalue weighted by Crippen LogP contribution is -2.48. The van der Waals surface area contributed by atoms with Crippen LogP contribution >= 0.6 is 0 Å². The van der Waals surface area contributed by atoms with Gasteiger partial charge in [0.05, 0.1) is 11.3 Å². The molecule has 7 nitrogen and oxygen atoms in total. The van der Waals surface area contributed by atoms with E-state index in [2.05, 4.69) is 0 Å². The smallest absolute Gasteiger partial charge is 0.368 e. The van der Waals surface area contributed by atoms with Crippen LogP contribution in [0.3, 0.4) is 0 Å². The molecule has 0 N–H and O–H groups in total. The third-order valence-corrected chi connectivity index (χ3v) is 7.22. The molecule has 0 bridgehead atoms. The van der Waals surface area contributed by atoms with Crippen LogP contribution in [0.25, 0.3) is 0 Å². The predicted molar refractivity (Wildman–Crippen MR) is 117 cm³/mol. The topological polar surface area (TPSA) is 64.2 Å². The van der Waals surface area contributed by atoms with E-state index in [4.69, 9.17) is 0 Å². The summed E-state index contributed by atoms with van der Waals surface area (Å²) in [4.78, 5) is 16.3. The molecule has 3 rings (SSSR count). The van der Waals surface area contributed by atoms with E-state index in [1.807, 2.05) is 4.90 Å². The molecule has 0 atom stereocenters. The summed E-state index contributed by atoms with van der Waals surface area (Å²) in [5.74, 6) is -0.210. The minimum Gasteiger partial charge on any atom is -0.368 e. The largest absolute Gasteiger partial charge is 0.416 e. The number of hydrogen-bond donors (Lipinski definition) is 0. The third kappa shape index (κ3) is 4.99. The van der Waals surface area contributed by atoms with Crippen molar-refractivity contribution in [1.82, 2.24) is 9.21 Å². The molecule has 11 heteroatoms. The summed E-state index contributed by atoms with van der Waals surface area (Å²) in [6.45, 7) is 1.56. The van der Waals surface area contributed by atoms with Crippen LogP contribution in [-0.4, -0.2) is 70.9 Å². The third-order valence-electron chi connectivity index (χ3n) is 5.39. The maximum atomic E-state index is 13.0. The fourth-order valence-electron chi connectivity index (χ4n) is 3.42. The Kier molecular flexibility index (Phi) is 6.70. The highest BCUT2D eigenvalue weighted by Crippen LogP contribution is 2.32. The van der Waals surface area contributed by atoms with Crippen LogP contribution in [0.1, 0.15) is 15.9 Å². The van der Waals surface area contributed by atoms with Crippen LogP contribution in [0.4, 0.5) is 24.5 Å². The second-order valence-corrected chi connectivity index (χ2v) is 9.81. The Bertz CT molecular complexity index is 1060. The minimum absolute atomic E-state index is 0.210. The van der Waals surface area contributed by atoms with Gasteiger partial charge in [-0.25, -0.2) is 0 Å². The summed E-state index contributed by atoms with van der Waals surface area (Å²) in [5, 5.41) is 0. The highest BCUT2D eigenvalue weighted by atomic mass is 32.2. The molecule has 0 spiro atoms. The Labute approximate surface area is 185 Å². The Morgan fingerprint density at radius 1 is 0.938 bits per heavy atom. The Morgan fingerprint density at radius 3 is 2.06 bits per heavy atom. The number of anilines is 2. The molecule has 32 heavy (non-hydrogen) atoms. The van der Waals surface area contributed by atoms with E-state index in [9.17, 15) is 26.4 Å². The lowest BCUT2D eigenvalue weighted by molar-refractivity contribution is -0.137. The molecule has 1 saturated heterocycles. The van der Waals surface area contributed by atoms with Crippen molar-refractivity contribution in [2.75, 3.05) is 56.5 Å². The molecule has 1 fully saturated rings. The fraction of sp³-hybridized carbons (Fsp3) is 0.381. The number of benzene rings is 2. The lowest BCUT2D eigenvalue weighted by atomic mass is 10.1. The maximum absolute atomic E-state index is 13.0. The molecular formula is C21H25F3N4O3S. The predicted octanol–water partition coefficient (Wildman–Crippen LogP) is 2.91. The Morgan fingerprint density at radius 2 is 1.53 bits per heavy atom. The number of carbonyl (C=O) groups excluding carboxylic acids is 1. The highest BCUT2D eigenvalue weighted by Gasteiger charge is 2.31. The molecule has 0 unspecified atom stereocenters. The van der Waals surface area contributed by atoms with Gasteiger partial charge in [-0.1, -0.05) is 6.07 Å². The van der Waals surface area contributed by atoms with Crippen molar-refractivity contribution >= 4 is 27.5 Å². The van der Waals surface area contributed by atoms with Crippen molar-refractivity contribution in [2.24, 2.45) is 0 Å². The number of carbonyl (C=O) groups is 1. The maximum Gasteiger partial charge on any atom is 0.416 e. The number of piperazine rings is 1. The summed E-state index contributed by atoms with van der Waals surface area (Å²) >= 11 is 0. The SMILES string of the molecule is CN(C)S(=O)(=O)N(C)c1ccc(C(=O)N2CCN(c3cccc(C(F)(F)F)c3)CC2)cc1. The number of rotatable bonds is 5. The van der Waals surface area contributed by atoms with Gasteiger partial charge in [0.25, 0.3) is 5.91 Å². The molecule has 1 heterocycles. The highest BCUT2D eigenvalue weighted by molar-refractivity contribution is 7.90. The van der Waals surface area contributed by atoms with Crippen molar-refractivity contribution in [3.8, 4) is 0 Å². The molecular weight excluding hydrogens is 445 g/mol. The fourth-order valence-corrected chi connectivity index (χ4v) is 4.30. The van der Waals surface area contributed by atoms with Crippen molar-refractivity contribution in [3.05, 3.63) is 59.7 Å². The van der Waals surface area contributed by atoms with Crippen LogP contribution < -0.4 is 9.21 Å². The number of amides is 1. The van der Waals surface area contributed by atoms with Gasteiger partial charge in [-0.3, -0.25) is 9.10 Å². The second kappa shape index (κ2) is 8.99. The molecule has 0 saturated carbocycles. The van der Waals surface area contributed by atoms with Gasteiger partial charge in [0.15, 0.2) is 0 Å². The lowest BCUT2D eigenvalue weighted by Gasteiger charge is -2.36. The van der Waals surface area contributed by atoms with E-state index in [0.717, 1.165) is 20.7 Å². The normalized spacial score (nSPS) is 15.2. The summed E-state index contributed by atoms with van der Waals surface area (Å²) in [6.07, 6.45) is -4.40. The zero-order valence-corrected chi connectivity index (χ0v) is 18.8. The first-order chi connectivity index (χ1) is 14.9. The van der Waals surface area contributed by atoms with E-state index in [1.54, 1.807) is 35.2 Å². The zero-order valence-electron chi connectivity index (χ0n) is 18.0. The molecule has 0 aliphatic carbocycles. The van der Waals surface area contributed by atoms with E-state index < -0.39 is 21.9 Å². The second-order valence-electron chi connectivity index (χ2n) is 7.63. The number of alkyl halides is 3. The molecule has 2 aromatic carbocycles. The van der Waals surface area contributed by atoms with Gasteiger partial charge in [-0.2, -0.15) is 25.9 Å². The first kappa shape index (κ1) is 23.9. The number of hydrogen-bond acceptors (Lipinski definition) is 4. The van der Waals surface area contributed by atoms with Crippen molar-refractivity contribution < 1.29 is 26.4 Å². The quantitative estimate of drug-likeness (QED) is 0.674. The molecule has 0 aromatic heterocycles.